The Kier molecular flexibility index (Phi) is 4.96. The first-order valence-corrected chi connectivity index (χ1v) is 10.8. The van der Waals surface area contributed by atoms with Crippen LogP contribution in [0.2, 0.25) is 0 Å². The average Bonchev–Trinajstić information content (AvgIpc) is 3.41. The van der Waals surface area contributed by atoms with E-state index >= 15 is 0 Å². The minimum Gasteiger partial charge on any atom is -0.507 e. The molecule has 5 rings (SSSR count). The van der Waals surface area contributed by atoms with Gasteiger partial charge in [0.2, 0.25) is 5.91 Å². The van der Waals surface area contributed by atoms with Gasteiger partial charge in [0, 0.05) is 36.1 Å². The van der Waals surface area contributed by atoms with Crippen molar-refractivity contribution in [1.29, 1.82) is 0 Å². The number of ether oxygens (including phenoxy) is 4. The van der Waals surface area contributed by atoms with Crippen molar-refractivity contribution in [3.63, 3.8) is 0 Å². The molecular formula is C25H26N2O6. The third kappa shape index (κ3) is 3.20. The predicted molar refractivity (Wildman–Crippen MR) is 122 cm³/mol. The highest BCUT2D eigenvalue weighted by Crippen LogP contribution is 2.48. The van der Waals surface area contributed by atoms with Crippen LogP contribution >= 0.6 is 0 Å². The zero-order chi connectivity index (χ0) is 23.4. The van der Waals surface area contributed by atoms with E-state index in [1.807, 2.05) is 19.1 Å². The molecule has 172 valence electrons. The summed E-state index contributed by atoms with van der Waals surface area (Å²) in [6, 6.07) is 6.94. The lowest BCUT2D eigenvalue weighted by Crippen LogP contribution is -2.42. The quantitative estimate of drug-likeness (QED) is 0.719. The van der Waals surface area contributed by atoms with Crippen molar-refractivity contribution >= 4 is 11.6 Å². The fourth-order valence-electron chi connectivity index (χ4n) is 4.83. The summed E-state index contributed by atoms with van der Waals surface area (Å²) in [5, 5.41) is 17.4. The summed E-state index contributed by atoms with van der Waals surface area (Å²) in [4.78, 5) is 12.4. The number of phenols is 1. The molecular weight excluding hydrogens is 424 g/mol. The number of hydrogen-bond donors (Lipinski definition) is 1. The number of nitrogens with zero attached hydrogens (tertiary/aromatic N) is 2. The molecule has 0 aromatic heterocycles. The molecule has 1 N–H and O–H groups in total. The van der Waals surface area contributed by atoms with Gasteiger partial charge in [0.1, 0.15) is 36.0 Å². The van der Waals surface area contributed by atoms with E-state index in [1.165, 1.54) is 11.9 Å². The van der Waals surface area contributed by atoms with Gasteiger partial charge in [-0.2, -0.15) is 5.10 Å². The lowest BCUT2D eigenvalue weighted by molar-refractivity contribution is -0.131. The van der Waals surface area contributed by atoms with E-state index in [4.69, 9.17) is 18.9 Å². The van der Waals surface area contributed by atoms with E-state index in [9.17, 15) is 9.90 Å². The first-order chi connectivity index (χ1) is 15.8. The van der Waals surface area contributed by atoms with Crippen molar-refractivity contribution in [1.82, 2.24) is 5.01 Å². The molecule has 3 aliphatic rings. The number of benzene rings is 2. The van der Waals surface area contributed by atoms with Crippen LogP contribution in [0, 0.1) is 0 Å². The Hall–Kier alpha value is -3.68. The van der Waals surface area contributed by atoms with E-state index in [-0.39, 0.29) is 36.3 Å². The average molecular weight is 450 g/mol. The van der Waals surface area contributed by atoms with Gasteiger partial charge >= 0.3 is 0 Å². The SMILES string of the molecule is C=C(C)C1Cc2c(ccc(C3=NN(C(C)=O)C4COc5cc(OC)c(OC)cc5C34)c2O)O1. The second kappa shape index (κ2) is 7.72. The largest absolute Gasteiger partial charge is 0.507 e. The fraction of sp³-hybridized carbons (Fsp3) is 0.360. The van der Waals surface area contributed by atoms with Crippen molar-refractivity contribution in [2.45, 2.75) is 38.3 Å². The molecule has 3 atom stereocenters. The number of aromatic hydroxyl groups is 1. The highest BCUT2D eigenvalue weighted by Gasteiger charge is 2.46. The van der Waals surface area contributed by atoms with Crippen molar-refractivity contribution in [2.75, 3.05) is 20.8 Å². The Morgan fingerprint density at radius 2 is 1.91 bits per heavy atom. The fourth-order valence-corrected chi connectivity index (χ4v) is 4.83. The van der Waals surface area contributed by atoms with Gasteiger partial charge in [0.25, 0.3) is 0 Å². The summed E-state index contributed by atoms with van der Waals surface area (Å²) >= 11 is 0. The van der Waals surface area contributed by atoms with Gasteiger partial charge in [-0.3, -0.25) is 4.79 Å². The maximum atomic E-state index is 12.4. The predicted octanol–water partition coefficient (Wildman–Crippen LogP) is 3.40. The van der Waals surface area contributed by atoms with Crippen LogP contribution in [-0.4, -0.2) is 54.7 Å². The molecule has 2 aromatic rings. The zero-order valence-corrected chi connectivity index (χ0v) is 19.0. The molecule has 3 unspecified atom stereocenters. The number of methoxy groups -OCH3 is 2. The van der Waals surface area contributed by atoms with E-state index in [0.29, 0.717) is 40.7 Å². The number of hydrazone groups is 1. The highest BCUT2D eigenvalue weighted by atomic mass is 16.5. The van der Waals surface area contributed by atoms with E-state index in [1.54, 1.807) is 26.4 Å². The molecule has 33 heavy (non-hydrogen) atoms. The lowest BCUT2D eigenvalue weighted by atomic mass is 9.82. The van der Waals surface area contributed by atoms with Crippen molar-refractivity contribution in [2.24, 2.45) is 5.10 Å². The number of hydrogen-bond acceptors (Lipinski definition) is 7. The molecule has 0 fully saturated rings. The summed E-state index contributed by atoms with van der Waals surface area (Å²) in [6.45, 7) is 7.63. The Bertz CT molecular complexity index is 1200. The normalized spacial score (nSPS) is 22.4. The van der Waals surface area contributed by atoms with Crippen molar-refractivity contribution in [3.8, 4) is 28.7 Å². The molecule has 0 spiro atoms. The highest BCUT2D eigenvalue weighted by molar-refractivity contribution is 6.10. The number of fused-ring (bicyclic) bond motifs is 4. The summed E-state index contributed by atoms with van der Waals surface area (Å²) in [7, 11) is 3.14. The van der Waals surface area contributed by atoms with Gasteiger partial charge in [-0.15, -0.1) is 0 Å². The summed E-state index contributed by atoms with van der Waals surface area (Å²) < 4.78 is 22.9. The minimum atomic E-state index is -0.338. The molecule has 8 heteroatoms. The minimum absolute atomic E-state index is 0.118. The van der Waals surface area contributed by atoms with Crippen molar-refractivity contribution in [3.05, 3.63) is 53.1 Å². The second-order valence-corrected chi connectivity index (χ2v) is 8.55. The van der Waals surface area contributed by atoms with E-state index < -0.39 is 0 Å². The van der Waals surface area contributed by atoms with Crippen LogP contribution in [-0.2, 0) is 11.2 Å². The first kappa shape index (κ1) is 21.2. The molecule has 3 aliphatic heterocycles. The van der Waals surface area contributed by atoms with Crippen LogP contribution in [0.4, 0.5) is 0 Å². The Morgan fingerprint density at radius 1 is 1.18 bits per heavy atom. The summed E-state index contributed by atoms with van der Waals surface area (Å²) in [6.07, 6.45) is 0.362. The van der Waals surface area contributed by atoms with Crippen LogP contribution < -0.4 is 18.9 Å². The topological polar surface area (TPSA) is 89.8 Å². The number of carbonyl (C=O) groups is 1. The monoisotopic (exact) mass is 450 g/mol. The second-order valence-electron chi connectivity index (χ2n) is 8.55. The third-order valence-electron chi connectivity index (χ3n) is 6.52. The van der Waals surface area contributed by atoms with E-state index in [2.05, 4.69) is 11.7 Å². The maximum absolute atomic E-state index is 12.4. The Labute approximate surface area is 192 Å². The maximum Gasteiger partial charge on any atom is 0.239 e. The number of rotatable bonds is 4. The zero-order valence-electron chi connectivity index (χ0n) is 19.0. The lowest BCUT2D eigenvalue weighted by Gasteiger charge is -2.32. The van der Waals surface area contributed by atoms with Gasteiger partial charge in [-0.1, -0.05) is 6.58 Å². The van der Waals surface area contributed by atoms with Crippen LogP contribution in [0.25, 0.3) is 0 Å². The standard InChI is InChI=1S/C25H26N2O6/c1-12(2)19-9-16-18(33-19)7-6-14(25(16)29)24-23-15-8-21(30-4)22(31-5)10-20(15)32-11-17(23)27(26-24)13(3)28/h6-8,10,17,19,23,29H,1,9,11H2,2-5H3. The van der Waals surface area contributed by atoms with Gasteiger partial charge in [-0.05, 0) is 30.7 Å². The van der Waals surface area contributed by atoms with Gasteiger partial charge in [-0.25, -0.2) is 5.01 Å². The third-order valence-corrected chi connectivity index (χ3v) is 6.52. The van der Waals surface area contributed by atoms with Gasteiger partial charge in [0.15, 0.2) is 11.5 Å². The molecule has 8 nitrogen and oxygen atoms in total. The Balaban J connectivity index is 1.64. The molecule has 3 heterocycles. The smallest absolute Gasteiger partial charge is 0.239 e. The first-order valence-electron chi connectivity index (χ1n) is 10.8. The van der Waals surface area contributed by atoms with Crippen LogP contribution in [0.15, 0.2) is 41.5 Å². The summed E-state index contributed by atoms with van der Waals surface area (Å²) in [5.41, 5.74) is 3.61. The van der Waals surface area contributed by atoms with Crippen LogP contribution in [0.5, 0.6) is 28.7 Å². The number of phenolic OH excluding ortho intramolecular Hbond substituents is 1. The Morgan fingerprint density at radius 3 is 2.58 bits per heavy atom. The molecule has 0 radical (unpaired) electrons. The van der Waals surface area contributed by atoms with E-state index in [0.717, 1.165) is 16.7 Å². The van der Waals surface area contributed by atoms with Crippen LogP contribution in [0.1, 0.15) is 36.5 Å². The molecule has 0 bridgehead atoms. The number of carbonyl (C=O) groups excluding carboxylic acids is 1. The van der Waals surface area contributed by atoms with Crippen LogP contribution in [0.3, 0.4) is 0 Å². The molecule has 2 aromatic carbocycles. The number of amides is 1. The van der Waals surface area contributed by atoms with Gasteiger partial charge < -0.3 is 24.1 Å². The molecule has 0 saturated heterocycles. The molecule has 0 aliphatic carbocycles. The molecule has 1 amide bonds. The molecule has 0 saturated carbocycles. The summed E-state index contributed by atoms with van der Waals surface area (Å²) in [5.74, 6) is 2.00. The van der Waals surface area contributed by atoms with Crippen molar-refractivity contribution < 1.29 is 28.8 Å². The van der Waals surface area contributed by atoms with Gasteiger partial charge in [0.05, 0.1) is 25.8 Å².